The average Bonchev–Trinajstić information content (AvgIpc) is 3.34. The van der Waals surface area contributed by atoms with Crippen molar-refractivity contribution in [2.45, 2.75) is 19.9 Å². The normalized spacial score (nSPS) is 14.2. The summed E-state index contributed by atoms with van der Waals surface area (Å²) in [6.07, 6.45) is 4.23. The van der Waals surface area contributed by atoms with Crippen molar-refractivity contribution < 1.29 is 23.6 Å². The lowest BCUT2D eigenvalue weighted by Gasteiger charge is -2.22. The smallest absolute Gasteiger partial charge is 0.256 e. The first kappa shape index (κ1) is 24.4. The Morgan fingerprint density at radius 1 is 1.24 bits per heavy atom. The first-order chi connectivity index (χ1) is 16.1. The number of nitrogens with one attached hydrogen (secondary N) is 4. The van der Waals surface area contributed by atoms with Crippen LogP contribution < -0.4 is 16.0 Å². The Balaban J connectivity index is 1.60. The van der Waals surface area contributed by atoms with Crippen molar-refractivity contribution >= 4 is 41.0 Å². The Labute approximate surface area is 196 Å². The van der Waals surface area contributed by atoms with E-state index in [4.69, 9.17) is 0 Å². The Kier molecular flexibility index (Phi) is 7.30. The van der Waals surface area contributed by atoms with E-state index in [0.29, 0.717) is 33.6 Å². The molecule has 34 heavy (non-hydrogen) atoms. The third kappa shape index (κ3) is 5.06. The molecule has 178 valence electrons. The van der Waals surface area contributed by atoms with Crippen LogP contribution in [-0.4, -0.2) is 59.7 Å². The SMILES string of the molecule is C=CC(=O)N(C)[C@@H](C)C(=O)NCCNC(=O)c1c[nH]c(/C=C2\C(=O)Nc3ccc(F)cc32)c1C. The maximum atomic E-state index is 13.6. The molecule has 0 radical (unpaired) electrons. The summed E-state index contributed by atoms with van der Waals surface area (Å²) in [5.41, 5.74) is 2.81. The van der Waals surface area contributed by atoms with Crippen LogP contribution in [0.25, 0.3) is 11.6 Å². The van der Waals surface area contributed by atoms with Crippen LogP contribution in [0.5, 0.6) is 0 Å². The van der Waals surface area contributed by atoms with Crippen molar-refractivity contribution in [3.05, 3.63) is 65.3 Å². The van der Waals surface area contributed by atoms with Crippen LogP contribution in [0.2, 0.25) is 0 Å². The number of aromatic nitrogens is 1. The lowest BCUT2D eigenvalue weighted by Crippen LogP contribution is -2.47. The minimum atomic E-state index is -0.685. The van der Waals surface area contributed by atoms with Crippen molar-refractivity contribution in [2.24, 2.45) is 0 Å². The highest BCUT2D eigenvalue weighted by atomic mass is 19.1. The number of likely N-dealkylation sites (N-methyl/N-ethyl adjacent to an activating group) is 1. The van der Waals surface area contributed by atoms with E-state index < -0.39 is 11.9 Å². The van der Waals surface area contributed by atoms with Gasteiger partial charge in [0.15, 0.2) is 0 Å². The van der Waals surface area contributed by atoms with E-state index in [1.165, 1.54) is 36.3 Å². The molecule has 10 heteroatoms. The fourth-order valence-electron chi connectivity index (χ4n) is 3.46. The number of carbonyl (C=O) groups excluding carboxylic acids is 4. The van der Waals surface area contributed by atoms with Crippen LogP contribution in [0.1, 0.15) is 34.1 Å². The molecule has 1 aromatic heterocycles. The Morgan fingerprint density at radius 3 is 2.65 bits per heavy atom. The van der Waals surface area contributed by atoms with E-state index in [2.05, 4.69) is 27.5 Å². The zero-order valence-electron chi connectivity index (χ0n) is 19.1. The summed E-state index contributed by atoms with van der Waals surface area (Å²) in [5, 5.41) is 8.06. The quantitative estimate of drug-likeness (QED) is 0.349. The topological polar surface area (TPSA) is 123 Å². The van der Waals surface area contributed by atoms with Gasteiger partial charge < -0.3 is 25.8 Å². The molecule has 1 aliphatic rings. The predicted molar refractivity (Wildman–Crippen MR) is 126 cm³/mol. The number of carbonyl (C=O) groups is 4. The maximum Gasteiger partial charge on any atom is 0.256 e. The summed E-state index contributed by atoms with van der Waals surface area (Å²) in [6, 6.07) is 3.37. The van der Waals surface area contributed by atoms with Crippen molar-refractivity contribution in [1.29, 1.82) is 0 Å². The molecule has 4 amide bonds. The van der Waals surface area contributed by atoms with Gasteiger partial charge in [0, 0.05) is 43.3 Å². The molecule has 0 spiro atoms. The van der Waals surface area contributed by atoms with Crippen LogP contribution in [0.15, 0.2) is 37.1 Å². The summed E-state index contributed by atoms with van der Waals surface area (Å²) in [7, 11) is 1.50. The lowest BCUT2D eigenvalue weighted by molar-refractivity contribution is -0.135. The van der Waals surface area contributed by atoms with E-state index in [1.807, 2.05) is 0 Å². The molecule has 0 fully saturated rings. The van der Waals surface area contributed by atoms with E-state index in [0.717, 1.165) is 6.08 Å². The molecule has 4 N–H and O–H groups in total. The predicted octanol–water partition coefficient (Wildman–Crippen LogP) is 1.83. The van der Waals surface area contributed by atoms with Gasteiger partial charge in [0.25, 0.3) is 11.8 Å². The number of aromatic amines is 1. The second-order valence-corrected chi connectivity index (χ2v) is 7.82. The summed E-state index contributed by atoms with van der Waals surface area (Å²) in [6.45, 7) is 7.06. The molecule has 0 aliphatic carbocycles. The molecular formula is C24H26FN5O4. The summed E-state index contributed by atoms with van der Waals surface area (Å²) in [5.74, 6) is -1.89. The summed E-state index contributed by atoms with van der Waals surface area (Å²) >= 11 is 0. The molecule has 1 aromatic carbocycles. The Hall–Kier alpha value is -4.21. The summed E-state index contributed by atoms with van der Waals surface area (Å²) in [4.78, 5) is 52.9. The van der Waals surface area contributed by atoms with Gasteiger partial charge in [0.05, 0.1) is 11.1 Å². The number of fused-ring (bicyclic) bond motifs is 1. The van der Waals surface area contributed by atoms with E-state index >= 15 is 0 Å². The molecule has 0 saturated carbocycles. The van der Waals surface area contributed by atoms with Crippen LogP contribution in [0.4, 0.5) is 10.1 Å². The third-order valence-corrected chi connectivity index (χ3v) is 5.67. The van der Waals surface area contributed by atoms with Crippen LogP contribution >= 0.6 is 0 Å². The molecule has 1 aliphatic heterocycles. The Bertz CT molecular complexity index is 1200. The van der Waals surface area contributed by atoms with Gasteiger partial charge in [0.2, 0.25) is 11.8 Å². The molecule has 0 bridgehead atoms. The maximum absolute atomic E-state index is 13.6. The number of H-pyrrole nitrogens is 1. The lowest BCUT2D eigenvalue weighted by atomic mass is 10.0. The third-order valence-electron chi connectivity index (χ3n) is 5.67. The number of rotatable bonds is 8. The molecule has 1 atom stereocenters. The number of nitrogens with zero attached hydrogens (tertiary/aromatic N) is 1. The molecule has 2 heterocycles. The van der Waals surface area contributed by atoms with Gasteiger partial charge in [-0.3, -0.25) is 19.2 Å². The zero-order chi connectivity index (χ0) is 25.0. The van der Waals surface area contributed by atoms with Gasteiger partial charge in [-0.15, -0.1) is 0 Å². The van der Waals surface area contributed by atoms with Crippen molar-refractivity contribution in [3.63, 3.8) is 0 Å². The van der Waals surface area contributed by atoms with Gasteiger partial charge >= 0.3 is 0 Å². The fourth-order valence-corrected chi connectivity index (χ4v) is 3.46. The number of halogens is 1. The highest BCUT2D eigenvalue weighted by Gasteiger charge is 2.25. The highest BCUT2D eigenvalue weighted by Crippen LogP contribution is 2.34. The van der Waals surface area contributed by atoms with E-state index in [9.17, 15) is 23.6 Å². The van der Waals surface area contributed by atoms with Crippen molar-refractivity contribution in [3.8, 4) is 0 Å². The first-order valence-corrected chi connectivity index (χ1v) is 10.6. The molecular weight excluding hydrogens is 441 g/mol. The highest BCUT2D eigenvalue weighted by molar-refractivity contribution is 6.34. The largest absolute Gasteiger partial charge is 0.361 e. The number of hydrogen-bond donors (Lipinski definition) is 4. The second-order valence-electron chi connectivity index (χ2n) is 7.82. The minimum absolute atomic E-state index is 0.173. The van der Waals surface area contributed by atoms with Gasteiger partial charge in [-0.25, -0.2) is 4.39 Å². The van der Waals surface area contributed by atoms with Crippen LogP contribution in [-0.2, 0) is 14.4 Å². The van der Waals surface area contributed by atoms with Crippen molar-refractivity contribution in [2.75, 3.05) is 25.5 Å². The number of benzene rings is 1. The molecule has 2 aromatic rings. The number of amides is 4. The molecule has 9 nitrogen and oxygen atoms in total. The van der Waals surface area contributed by atoms with Gasteiger partial charge in [-0.1, -0.05) is 6.58 Å². The van der Waals surface area contributed by atoms with Gasteiger partial charge in [-0.05, 0) is 49.8 Å². The molecule has 0 unspecified atom stereocenters. The van der Waals surface area contributed by atoms with Crippen LogP contribution in [0, 0.1) is 12.7 Å². The molecule has 3 rings (SSSR count). The standard InChI is InChI=1S/C24H26FN5O4/c1-5-21(31)30(4)14(3)22(32)26-8-9-27-23(33)18-12-28-20(13(18)2)11-17-16-10-15(25)6-7-19(16)29-24(17)34/h5-7,10-12,14,28H,1,8-9H2,2-4H3,(H,26,32)(H,27,33)(H,29,34)/b17-11-/t14-/m0/s1. The summed E-state index contributed by atoms with van der Waals surface area (Å²) < 4.78 is 13.6. The zero-order valence-corrected chi connectivity index (χ0v) is 19.1. The van der Waals surface area contributed by atoms with E-state index in [1.54, 1.807) is 19.9 Å². The second kappa shape index (κ2) is 10.2. The van der Waals surface area contributed by atoms with Crippen molar-refractivity contribution in [1.82, 2.24) is 20.5 Å². The van der Waals surface area contributed by atoms with Gasteiger partial charge in [0.1, 0.15) is 11.9 Å². The number of hydrogen-bond acceptors (Lipinski definition) is 4. The van der Waals surface area contributed by atoms with E-state index in [-0.39, 0.29) is 36.7 Å². The Morgan fingerprint density at radius 2 is 1.94 bits per heavy atom. The molecule has 0 saturated heterocycles. The minimum Gasteiger partial charge on any atom is -0.361 e. The average molecular weight is 468 g/mol. The van der Waals surface area contributed by atoms with Crippen LogP contribution in [0.3, 0.4) is 0 Å². The first-order valence-electron chi connectivity index (χ1n) is 10.6. The fraction of sp³-hybridized carbons (Fsp3) is 0.250. The number of anilines is 1. The van der Waals surface area contributed by atoms with Gasteiger partial charge in [-0.2, -0.15) is 0 Å². The monoisotopic (exact) mass is 467 g/mol.